The third-order valence-electron chi connectivity index (χ3n) is 2.98. The van der Waals surface area contributed by atoms with Crippen LogP contribution in [0.25, 0.3) is 5.82 Å². The SMILES string of the molecule is CNC(=O)c1ccn(-c2cc(N)nc(C3CC3)n2)n1. The zero-order valence-electron chi connectivity index (χ0n) is 10.5. The second-order valence-corrected chi connectivity index (χ2v) is 4.51. The third-order valence-corrected chi connectivity index (χ3v) is 2.98. The van der Waals surface area contributed by atoms with Gasteiger partial charge in [-0.05, 0) is 18.9 Å². The van der Waals surface area contributed by atoms with Gasteiger partial charge in [0, 0.05) is 25.2 Å². The molecule has 3 N–H and O–H groups in total. The number of anilines is 1. The van der Waals surface area contributed by atoms with Gasteiger partial charge in [-0.3, -0.25) is 4.79 Å². The Hall–Kier alpha value is -2.44. The molecule has 0 radical (unpaired) electrons. The summed E-state index contributed by atoms with van der Waals surface area (Å²) in [5.74, 6) is 1.94. The summed E-state index contributed by atoms with van der Waals surface area (Å²) in [5.41, 5.74) is 6.12. The Bertz CT molecular complexity index is 631. The molecule has 98 valence electrons. The number of amides is 1. The Balaban J connectivity index is 1.97. The van der Waals surface area contributed by atoms with Crippen molar-refractivity contribution in [1.82, 2.24) is 25.1 Å². The number of nitrogen functional groups attached to an aromatic ring is 1. The van der Waals surface area contributed by atoms with Crippen molar-refractivity contribution in [2.45, 2.75) is 18.8 Å². The van der Waals surface area contributed by atoms with Crippen LogP contribution in [-0.2, 0) is 0 Å². The van der Waals surface area contributed by atoms with Gasteiger partial charge in [-0.2, -0.15) is 5.10 Å². The van der Waals surface area contributed by atoms with Crippen LogP contribution in [0, 0.1) is 0 Å². The van der Waals surface area contributed by atoms with Crippen molar-refractivity contribution in [3.05, 3.63) is 29.8 Å². The van der Waals surface area contributed by atoms with E-state index in [1.54, 1.807) is 25.4 Å². The summed E-state index contributed by atoms with van der Waals surface area (Å²) in [6.07, 6.45) is 3.89. The molecule has 0 aromatic carbocycles. The highest BCUT2D eigenvalue weighted by atomic mass is 16.1. The van der Waals surface area contributed by atoms with Gasteiger partial charge in [0.15, 0.2) is 11.5 Å². The second-order valence-electron chi connectivity index (χ2n) is 4.51. The lowest BCUT2D eigenvalue weighted by atomic mass is 10.4. The molecule has 1 fully saturated rings. The van der Waals surface area contributed by atoms with Gasteiger partial charge in [-0.15, -0.1) is 0 Å². The molecule has 7 nitrogen and oxygen atoms in total. The van der Waals surface area contributed by atoms with E-state index in [0.717, 1.165) is 18.7 Å². The molecule has 0 aliphatic heterocycles. The molecule has 0 atom stereocenters. The van der Waals surface area contributed by atoms with Crippen LogP contribution in [0.1, 0.15) is 35.1 Å². The van der Waals surface area contributed by atoms with E-state index in [4.69, 9.17) is 5.73 Å². The summed E-state index contributed by atoms with van der Waals surface area (Å²) in [4.78, 5) is 20.1. The van der Waals surface area contributed by atoms with Gasteiger partial charge in [0.05, 0.1) is 0 Å². The van der Waals surface area contributed by atoms with Crippen LogP contribution in [0.2, 0.25) is 0 Å². The van der Waals surface area contributed by atoms with Crippen molar-refractivity contribution in [3.63, 3.8) is 0 Å². The molecule has 3 rings (SSSR count). The Morgan fingerprint density at radius 3 is 2.95 bits per heavy atom. The Morgan fingerprint density at radius 1 is 1.47 bits per heavy atom. The first-order chi connectivity index (χ1) is 9.17. The van der Waals surface area contributed by atoms with Crippen LogP contribution in [0.5, 0.6) is 0 Å². The molecular weight excluding hydrogens is 244 g/mol. The van der Waals surface area contributed by atoms with Gasteiger partial charge < -0.3 is 11.1 Å². The minimum atomic E-state index is -0.233. The lowest BCUT2D eigenvalue weighted by Crippen LogP contribution is -2.18. The van der Waals surface area contributed by atoms with Crippen LogP contribution in [0.3, 0.4) is 0 Å². The van der Waals surface area contributed by atoms with Gasteiger partial charge in [0.1, 0.15) is 11.6 Å². The molecule has 0 saturated heterocycles. The van der Waals surface area contributed by atoms with E-state index >= 15 is 0 Å². The van der Waals surface area contributed by atoms with E-state index in [9.17, 15) is 4.79 Å². The van der Waals surface area contributed by atoms with E-state index in [2.05, 4.69) is 20.4 Å². The first-order valence-electron chi connectivity index (χ1n) is 6.10. The largest absolute Gasteiger partial charge is 0.384 e. The number of carbonyl (C=O) groups is 1. The highest BCUT2D eigenvalue weighted by Crippen LogP contribution is 2.38. The zero-order chi connectivity index (χ0) is 13.4. The first kappa shape index (κ1) is 11.6. The fraction of sp³-hybridized carbons (Fsp3) is 0.333. The van der Waals surface area contributed by atoms with Crippen LogP contribution < -0.4 is 11.1 Å². The maximum absolute atomic E-state index is 11.5. The van der Waals surface area contributed by atoms with Crippen LogP contribution in [0.4, 0.5) is 5.82 Å². The molecular formula is C12H14N6O. The van der Waals surface area contributed by atoms with Crippen molar-refractivity contribution in [2.24, 2.45) is 0 Å². The summed E-state index contributed by atoms with van der Waals surface area (Å²) in [6, 6.07) is 3.28. The van der Waals surface area contributed by atoms with Crippen molar-refractivity contribution >= 4 is 11.7 Å². The lowest BCUT2D eigenvalue weighted by molar-refractivity contribution is 0.0957. The first-order valence-corrected chi connectivity index (χ1v) is 6.10. The Kier molecular flexibility index (Phi) is 2.66. The van der Waals surface area contributed by atoms with E-state index in [1.165, 1.54) is 4.68 Å². The van der Waals surface area contributed by atoms with E-state index < -0.39 is 0 Å². The highest BCUT2D eigenvalue weighted by Gasteiger charge is 2.27. The molecule has 0 spiro atoms. The van der Waals surface area contributed by atoms with E-state index in [0.29, 0.717) is 23.2 Å². The average molecular weight is 258 g/mol. The fourth-order valence-corrected chi connectivity index (χ4v) is 1.81. The number of nitrogens with zero attached hydrogens (tertiary/aromatic N) is 4. The molecule has 19 heavy (non-hydrogen) atoms. The Morgan fingerprint density at radius 2 is 2.26 bits per heavy atom. The van der Waals surface area contributed by atoms with Crippen molar-refractivity contribution in [1.29, 1.82) is 0 Å². The summed E-state index contributed by atoms with van der Waals surface area (Å²) < 4.78 is 1.54. The highest BCUT2D eigenvalue weighted by molar-refractivity contribution is 5.91. The quantitative estimate of drug-likeness (QED) is 0.834. The van der Waals surface area contributed by atoms with E-state index in [-0.39, 0.29) is 5.91 Å². The Labute approximate surface area is 109 Å². The third kappa shape index (κ3) is 2.26. The number of carbonyl (C=O) groups excluding carboxylic acids is 1. The molecule has 7 heteroatoms. The smallest absolute Gasteiger partial charge is 0.271 e. The molecule has 1 saturated carbocycles. The zero-order valence-corrected chi connectivity index (χ0v) is 10.5. The minimum absolute atomic E-state index is 0.233. The van der Waals surface area contributed by atoms with Gasteiger partial charge >= 0.3 is 0 Å². The fourth-order valence-electron chi connectivity index (χ4n) is 1.81. The number of hydrogen-bond acceptors (Lipinski definition) is 5. The van der Waals surface area contributed by atoms with Gasteiger partial charge in [-0.25, -0.2) is 14.6 Å². The van der Waals surface area contributed by atoms with Gasteiger partial charge in [0.2, 0.25) is 0 Å². The minimum Gasteiger partial charge on any atom is -0.384 e. The maximum Gasteiger partial charge on any atom is 0.271 e. The van der Waals surface area contributed by atoms with Crippen LogP contribution in [0.15, 0.2) is 18.3 Å². The monoisotopic (exact) mass is 258 g/mol. The van der Waals surface area contributed by atoms with Crippen molar-refractivity contribution in [2.75, 3.05) is 12.8 Å². The maximum atomic E-state index is 11.5. The van der Waals surface area contributed by atoms with Crippen molar-refractivity contribution < 1.29 is 4.79 Å². The molecule has 1 aliphatic rings. The van der Waals surface area contributed by atoms with Gasteiger partial charge in [0.25, 0.3) is 5.91 Å². The topological polar surface area (TPSA) is 98.7 Å². The summed E-state index contributed by atoms with van der Waals surface area (Å²) in [6.45, 7) is 0. The molecule has 2 aromatic rings. The van der Waals surface area contributed by atoms with Crippen molar-refractivity contribution in [3.8, 4) is 5.82 Å². The summed E-state index contributed by atoms with van der Waals surface area (Å²) in [5, 5.41) is 6.70. The average Bonchev–Trinajstić information content (AvgIpc) is 3.14. The second kappa shape index (κ2) is 4.34. The lowest BCUT2D eigenvalue weighted by Gasteiger charge is -2.04. The summed E-state index contributed by atoms with van der Waals surface area (Å²) >= 11 is 0. The number of nitrogens with two attached hydrogens (primary N) is 1. The number of hydrogen-bond donors (Lipinski definition) is 2. The normalized spacial score (nSPS) is 14.4. The molecule has 1 aliphatic carbocycles. The molecule has 0 bridgehead atoms. The van der Waals surface area contributed by atoms with Gasteiger partial charge in [-0.1, -0.05) is 0 Å². The summed E-state index contributed by atoms with van der Waals surface area (Å²) in [7, 11) is 1.56. The van der Waals surface area contributed by atoms with Crippen LogP contribution in [-0.4, -0.2) is 32.7 Å². The van der Waals surface area contributed by atoms with E-state index in [1.807, 2.05) is 0 Å². The molecule has 1 amide bonds. The number of rotatable bonds is 3. The molecule has 2 heterocycles. The molecule has 2 aromatic heterocycles. The number of aromatic nitrogens is 4. The predicted molar refractivity (Wildman–Crippen MR) is 68.9 cm³/mol. The molecule has 0 unspecified atom stereocenters. The predicted octanol–water partition coefficient (Wildman–Crippen LogP) is 0.481. The van der Waals surface area contributed by atoms with Crippen LogP contribution >= 0.6 is 0 Å². The standard InChI is InChI=1S/C12H14N6O/c1-14-12(19)8-4-5-18(17-8)10-6-9(13)15-11(16-10)7-2-3-7/h4-7H,2-3H2,1H3,(H,14,19)(H2,13,15,16). The number of nitrogens with one attached hydrogen (secondary N) is 1.